The highest BCUT2D eigenvalue weighted by molar-refractivity contribution is 6.00. The van der Waals surface area contributed by atoms with Gasteiger partial charge in [0, 0.05) is 28.9 Å². The van der Waals surface area contributed by atoms with Gasteiger partial charge in [-0.15, -0.1) is 0 Å². The van der Waals surface area contributed by atoms with Gasteiger partial charge in [0.15, 0.2) is 12.2 Å². The highest BCUT2D eigenvalue weighted by Gasteiger charge is 2.16. The van der Waals surface area contributed by atoms with E-state index in [1.54, 1.807) is 25.4 Å². The number of carbonyl (C=O) groups is 1. The summed E-state index contributed by atoms with van der Waals surface area (Å²) in [5, 5.41) is 0.896. The number of fused-ring (bicyclic) bond motifs is 1. The SMILES string of the molecule is CCOC(=O)c1ccccc1-c1cnc2[nH]cc(-c3cnco3)c2c1. The summed E-state index contributed by atoms with van der Waals surface area (Å²) in [7, 11) is 0. The first-order valence-corrected chi connectivity index (χ1v) is 7.90. The molecule has 0 radical (unpaired) electrons. The van der Waals surface area contributed by atoms with Crippen molar-refractivity contribution in [3.8, 4) is 22.5 Å². The van der Waals surface area contributed by atoms with Crippen LogP contribution < -0.4 is 0 Å². The molecule has 6 nitrogen and oxygen atoms in total. The number of pyridine rings is 1. The second kappa shape index (κ2) is 6.24. The van der Waals surface area contributed by atoms with Crippen molar-refractivity contribution in [1.82, 2.24) is 15.0 Å². The summed E-state index contributed by atoms with van der Waals surface area (Å²) in [5.74, 6) is 0.312. The molecule has 1 aromatic carbocycles. The zero-order chi connectivity index (χ0) is 17.2. The van der Waals surface area contributed by atoms with Gasteiger partial charge in [-0.1, -0.05) is 18.2 Å². The maximum atomic E-state index is 12.2. The molecule has 3 heterocycles. The zero-order valence-corrected chi connectivity index (χ0v) is 13.5. The third-order valence-electron chi connectivity index (χ3n) is 3.96. The van der Waals surface area contributed by atoms with Crippen LogP contribution in [0, 0.1) is 0 Å². The van der Waals surface area contributed by atoms with Crippen LogP contribution in [0.25, 0.3) is 33.5 Å². The molecule has 4 aromatic rings. The first-order chi connectivity index (χ1) is 12.3. The molecule has 0 aliphatic rings. The van der Waals surface area contributed by atoms with E-state index in [0.29, 0.717) is 17.9 Å². The van der Waals surface area contributed by atoms with E-state index in [-0.39, 0.29) is 5.97 Å². The second-order valence-electron chi connectivity index (χ2n) is 5.45. The molecule has 0 atom stereocenters. The van der Waals surface area contributed by atoms with Gasteiger partial charge in [-0.3, -0.25) is 0 Å². The Morgan fingerprint density at radius 1 is 1.24 bits per heavy atom. The summed E-state index contributed by atoms with van der Waals surface area (Å²) >= 11 is 0. The van der Waals surface area contributed by atoms with Crippen LogP contribution in [0.15, 0.2) is 59.7 Å². The van der Waals surface area contributed by atoms with Crippen molar-refractivity contribution in [2.75, 3.05) is 6.61 Å². The van der Waals surface area contributed by atoms with E-state index in [0.717, 1.165) is 27.7 Å². The Morgan fingerprint density at radius 2 is 2.12 bits per heavy atom. The Labute approximate surface area is 143 Å². The molecule has 3 aromatic heterocycles. The predicted molar refractivity (Wildman–Crippen MR) is 93.0 cm³/mol. The minimum atomic E-state index is -0.345. The predicted octanol–water partition coefficient (Wildman–Crippen LogP) is 4.06. The number of ether oxygens (including phenoxy) is 1. The number of oxazole rings is 1. The molecular formula is C19H15N3O3. The first kappa shape index (κ1) is 15.1. The molecule has 0 amide bonds. The molecule has 124 valence electrons. The number of aromatic amines is 1. The number of nitrogens with one attached hydrogen (secondary N) is 1. The lowest BCUT2D eigenvalue weighted by atomic mass is 10.00. The lowest BCUT2D eigenvalue weighted by Gasteiger charge is -2.09. The molecule has 0 fully saturated rings. The third-order valence-corrected chi connectivity index (χ3v) is 3.96. The number of H-pyrrole nitrogens is 1. The van der Waals surface area contributed by atoms with Gasteiger partial charge in [-0.05, 0) is 24.6 Å². The van der Waals surface area contributed by atoms with E-state index in [2.05, 4.69) is 15.0 Å². The molecule has 1 N–H and O–H groups in total. The molecule has 6 heteroatoms. The summed E-state index contributed by atoms with van der Waals surface area (Å²) < 4.78 is 10.5. The molecule has 0 aliphatic carbocycles. The Bertz CT molecular complexity index is 1040. The van der Waals surface area contributed by atoms with Gasteiger partial charge in [0.2, 0.25) is 0 Å². The van der Waals surface area contributed by atoms with E-state index >= 15 is 0 Å². The first-order valence-electron chi connectivity index (χ1n) is 7.90. The number of hydrogen-bond acceptors (Lipinski definition) is 5. The largest absolute Gasteiger partial charge is 0.462 e. The van der Waals surface area contributed by atoms with Crippen molar-refractivity contribution in [3.63, 3.8) is 0 Å². The minimum Gasteiger partial charge on any atom is -0.462 e. The maximum Gasteiger partial charge on any atom is 0.338 e. The number of benzene rings is 1. The fourth-order valence-corrected chi connectivity index (χ4v) is 2.83. The smallest absolute Gasteiger partial charge is 0.338 e. The van der Waals surface area contributed by atoms with E-state index in [9.17, 15) is 4.79 Å². The van der Waals surface area contributed by atoms with E-state index < -0.39 is 0 Å². The topological polar surface area (TPSA) is 81.0 Å². The standard InChI is InChI=1S/C19H15N3O3/c1-2-24-19(23)14-6-4-3-5-13(14)12-7-15-16(17-10-20-11-25-17)9-22-18(15)21-8-12/h3-11H,2H2,1H3,(H,21,22). The number of hydrogen-bond donors (Lipinski definition) is 1. The van der Waals surface area contributed by atoms with Crippen LogP contribution in [0.1, 0.15) is 17.3 Å². The van der Waals surface area contributed by atoms with Gasteiger partial charge in [0.25, 0.3) is 0 Å². The Kier molecular flexibility index (Phi) is 3.78. The van der Waals surface area contributed by atoms with Gasteiger partial charge in [-0.2, -0.15) is 0 Å². The molecule has 0 saturated carbocycles. The van der Waals surface area contributed by atoms with Crippen LogP contribution in [-0.4, -0.2) is 27.5 Å². The van der Waals surface area contributed by atoms with Crippen molar-refractivity contribution in [3.05, 3.63) is 60.9 Å². The van der Waals surface area contributed by atoms with E-state index in [1.165, 1.54) is 6.39 Å². The second-order valence-corrected chi connectivity index (χ2v) is 5.45. The van der Waals surface area contributed by atoms with Crippen LogP contribution in [0.2, 0.25) is 0 Å². The molecule has 0 saturated heterocycles. The molecule has 0 spiro atoms. The molecular weight excluding hydrogens is 318 g/mol. The molecule has 25 heavy (non-hydrogen) atoms. The van der Waals surface area contributed by atoms with Gasteiger partial charge in [0.1, 0.15) is 5.65 Å². The summed E-state index contributed by atoms with van der Waals surface area (Å²) in [5.41, 5.74) is 3.73. The summed E-state index contributed by atoms with van der Waals surface area (Å²) in [6.45, 7) is 2.12. The summed E-state index contributed by atoms with van der Waals surface area (Å²) in [6.07, 6.45) is 6.61. The monoisotopic (exact) mass is 333 g/mol. The van der Waals surface area contributed by atoms with Gasteiger partial charge < -0.3 is 14.1 Å². The lowest BCUT2D eigenvalue weighted by Crippen LogP contribution is -2.06. The lowest BCUT2D eigenvalue weighted by molar-refractivity contribution is 0.0527. The molecule has 0 bridgehead atoms. The van der Waals surface area contributed by atoms with Crippen molar-refractivity contribution in [1.29, 1.82) is 0 Å². The third kappa shape index (κ3) is 2.67. The Hall–Kier alpha value is -3.41. The van der Waals surface area contributed by atoms with Gasteiger partial charge in [-0.25, -0.2) is 14.8 Å². The highest BCUT2D eigenvalue weighted by atomic mass is 16.5. The Balaban J connectivity index is 1.86. The average molecular weight is 333 g/mol. The van der Waals surface area contributed by atoms with Crippen LogP contribution >= 0.6 is 0 Å². The van der Waals surface area contributed by atoms with Gasteiger partial charge in [0.05, 0.1) is 18.4 Å². The van der Waals surface area contributed by atoms with Crippen molar-refractivity contribution in [2.24, 2.45) is 0 Å². The number of carbonyl (C=O) groups excluding carboxylic acids is 1. The molecule has 0 aliphatic heterocycles. The van der Waals surface area contributed by atoms with Crippen molar-refractivity contribution >= 4 is 17.0 Å². The average Bonchev–Trinajstić information content (AvgIpc) is 3.30. The van der Waals surface area contributed by atoms with Crippen LogP contribution in [-0.2, 0) is 4.74 Å². The number of nitrogens with zero attached hydrogens (tertiary/aromatic N) is 2. The van der Waals surface area contributed by atoms with Crippen LogP contribution in [0.5, 0.6) is 0 Å². The molecule has 0 unspecified atom stereocenters. The fourth-order valence-electron chi connectivity index (χ4n) is 2.83. The quantitative estimate of drug-likeness (QED) is 0.570. The summed E-state index contributed by atoms with van der Waals surface area (Å²) in [6, 6.07) is 9.32. The van der Waals surface area contributed by atoms with Crippen LogP contribution in [0.4, 0.5) is 0 Å². The van der Waals surface area contributed by atoms with E-state index in [1.807, 2.05) is 30.5 Å². The maximum absolute atomic E-state index is 12.2. The van der Waals surface area contributed by atoms with Crippen LogP contribution in [0.3, 0.4) is 0 Å². The number of rotatable bonds is 4. The number of aromatic nitrogens is 3. The summed E-state index contributed by atoms with van der Waals surface area (Å²) in [4.78, 5) is 23.8. The van der Waals surface area contributed by atoms with Crippen molar-refractivity contribution in [2.45, 2.75) is 6.92 Å². The van der Waals surface area contributed by atoms with Crippen molar-refractivity contribution < 1.29 is 13.9 Å². The minimum absolute atomic E-state index is 0.331. The van der Waals surface area contributed by atoms with E-state index in [4.69, 9.17) is 9.15 Å². The molecule has 4 rings (SSSR count). The highest BCUT2D eigenvalue weighted by Crippen LogP contribution is 2.32. The zero-order valence-electron chi connectivity index (χ0n) is 13.5. The Morgan fingerprint density at radius 3 is 2.92 bits per heavy atom. The fraction of sp³-hybridized carbons (Fsp3) is 0.105. The number of esters is 1. The normalized spacial score (nSPS) is 10.9. The van der Waals surface area contributed by atoms with Gasteiger partial charge >= 0.3 is 5.97 Å².